The molecule has 1 spiro atoms. The van der Waals surface area contributed by atoms with Crippen LogP contribution in [0.4, 0.5) is 11.4 Å². The Morgan fingerprint density at radius 3 is 2.66 bits per heavy atom. The Morgan fingerprint density at radius 2 is 1.79 bits per heavy atom. The molecule has 0 aromatic heterocycles. The first-order valence-corrected chi connectivity index (χ1v) is 10.1. The summed E-state index contributed by atoms with van der Waals surface area (Å²) in [5.74, 6) is 0.793. The fourth-order valence-electron chi connectivity index (χ4n) is 4.99. The number of likely N-dealkylation sites (N-methyl/N-ethyl adjacent to an activating group) is 1. The number of anilines is 2. The number of para-hydroxylation sites is 2. The van der Waals surface area contributed by atoms with Crippen LogP contribution in [0.15, 0.2) is 71.7 Å². The van der Waals surface area contributed by atoms with E-state index in [2.05, 4.69) is 17.0 Å². The number of carbonyl (C=O) groups is 1. The molecule has 0 saturated heterocycles. The van der Waals surface area contributed by atoms with E-state index in [-0.39, 0.29) is 5.91 Å². The van der Waals surface area contributed by atoms with Gasteiger partial charge in [0, 0.05) is 41.0 Å². The SMILES string of the molecule is CN1C(=O)C2(N=C(c3cccc(Cl)c3)N3CCc4cccc2c43)c2ccccc21. The van der Waals surface area contributed by atoms with Crippen molar-refractivity contribution in [3.8, 4) is 0 Å². The average Bonchev–Trinajstić information content (AvgIpc) is 3.26. The Labute approximate surface area is 174 Å². The van der Waals surface area contributed by atoms with Crippen LogP contribution in [0.2, 0.25) is 5.02 Å². The van der Waals surface area contributed by atoms with Crippen LogP contribution in [-0.4, -0.2) is 25.3 Å². The minimum Gasteiger partial charge on any atom is -0.325 e. The Bertz CT molecular complexity index is 1230. The predicted molar refractivity (Wildman–Crippen MR) is 116 cm³/mol. The Morgan fingerprint density at radius 1 is 1.00 bits per heavy atom. The van der Waals surface area contributed by atoms with Crippen LogP contribution in [0.1, 0.15) is 22.3 Å². The molecule has 1 atom stereocenters. The van der Waals surface area contributed by atoms with Crippen molar-refractivity contribution in [2.24, 2.45) is 4.99 Å². The zero-order valence-electron chi connectivity index (χ0n) is 15.9. The first kappa shape index (κ1) is 16.8. The third-order valence-corrected chi connectivity index (χ3v) is 6.50. The Balaban J connectivity index is 1.73. The number of hydrogen-bond acceptors (Lipinski definition) is 3. The molecule has 0 bridgehead atoms. The molecule has 142 valence electrons. The third kappa shape index (κ3) is 2.04. The maximum Gasteiger partial charge on any atom is 0.264 e. The molecule has 6 rings (SSSR count). The number of fused-ring (bicyclic) bond motifs is 3. The van der Waals surface area contributed by atoms with E-state index in [4.69, 9.17) is 16.6 Å². The Hall–Kier alpha value is -3.11. The van der Waals surface area contributed by atoms with Crippen LogP contribution in [0.3, 0.4) is 0 Å². The summed E-state index contributed by atoms with van der Waals surface area (Å²) in [6.07, 6.45) is 0.935. The van der Waals surface area contributed by atoms with Gasteiger partial charge in [-0.1, -0.05) is 60.1 Å². The van der Waals surface area contributed by atoms with E-state index in [9.17, 15) is 4.79 Å². The molecule has 3 aliphatic heterocycles. The van der Waals surface area contributed by atoms with Crippen LogP contribution in [0.25, 0.3) is 0 Å². The number of hydrogen-bond donors (Lipinski definition) is 0. The van der Waals surface area contributed by atoms with E-state index in [1.54, 1.807) is 4.90 Å². The van der Waals surface area contributed by atoms with Crippen molar-refractivity contribution in [2.45, 2.75) is 12.0 Å². The molecule has 3 aromatic rings. The molecule has 0 saturated carbocycles. The number of halogens is 1. The number of carbonyl (C=O) groups excluding carboxylic acids is 1. The summed E-state index contributed by atoms with van der Waals surface area (Å²) in [4.78, 5) is 23.0. The minimum atomic E-state index is -1.06. The second-order valence-electron chi connectivity index (χ2n) is 7.75. The van der Waals surface area contributed by atoms with Gasteiger partial charge in [-0.2, -0.15) is 0 Å². The van der Waals surface area contributed by atoms with Gasteiger partial charge in [-0.05, 0) is 30.2 Å². The zero-order valence-corrected chi connectivity index (χ0v) is 16.6. The number of amides is 1. The van der Waals surface area contributed by atoms with E-state index >= 15 is 0 Å². The fourth-order valence-corrected chi connectivity index (χ4v) is 5.19. The van der Waals surface area contributed by atoms with E-state index < -0.39 is 5.54 Å². The maximum absolute atomic E-state index is 13.8. The second-order valence-corrected chi connectivity index (χ2v) is 8.19. The molecule has 0 radical (unpaired) electrons. The maximum atomic E-state index is 13.8. The first-order chi connectivity index (χ1) is 14.1. The highest BCUT2D eigenvalue weighted by atomic mass is 35.5. The molecule has 1 unspecified atom stereocenters. The molecule has 4 nitrogen and oxygen atoms in total. The summed E-state index contributed by atoms with van der Waals surface area (Å²) < 4.78 is 0. The van der Waals surface area contributed by atoms with Gasteiger partial charge in [-0.15, -0.1) is 0 Å². The van der Waals surface area contributed by atoms with Crippen LogP contribution in [-0.2, 0) is 16.8 Å². The molecule has 29 heavy (non-hydrogen) atoms. The van der Waals surface area contributed by atoms with E-state index in [1.165, 1.54) is 5.56 Å². The number of aliphatic imine (C=N–C) groups is 1. The fraction of sp³-hybridized carbons (Fsp3) is 0.167. The van der Waals surface area contributed by atoms with Crippen LogP contribution >= 0.6 is 11.6 Å². The molecule has 3 heterocycles. The van der Waals surface area contributed by atoms with Gasteiger partial charge < -0.3 is 9.80 Å². The molecular weight excluding hydrogens is 382 g/mol. The highest BCUT2D eigenvalue weighted by Crippen LogP contribution is 2.53. The topological polar surface area (TPSA) is 35.9 Å². The monoisotopic (exact) mass is 399 g/mol. The third-order valence-electron chi connectivity index (χ3n) is 6.27. The van der Waals surface area contributed by atoms with E-state index in [0.717, 1.165) is 46.9 Å². The Kier molecular flexibility index (Phi) is 3.31. The number of benzene rings is 3. The van der Waals surface area contributed by atoms with Gasteiger partial charge in [0.2, 0.25) is 0 Å². The molecule has 3 aliphatic rings. The second kappa shape index (κ2) is 5.71. The summed E-state index contributed by atoms with van der Waals surface area (Å²) in [5, 5.41) is 0.660. The van der Waals surface area contributed by atoms with Crippen LogP contribution in [0.5, 0.6) is 0 Å². The number of nitrogens with zero attached hydrogens (tertiary/aromatic N) is 3. The van der Waals surface area contributed by atoms with Crippen molar-refractivity contribution in [1.29, 1.82) is 0 Å². The lowest BCUT2D eigenvalue weighted by Gasteiger charge is -2.37. The van der Waals surface area contributed by atoms with Crippen molar-refractivity contribution >= 4 is 34.7 Å². The van der Waals surface area contributed by atoms with Crippen molar-refractivity contribution < 1.29 is 4.79 Å². The van der Waals surface area contributed by atoms with Gasteiger partial charge in [-0.3, -0.25) is 4.79 Å². The molecule has 0 aliphatic carbocycles. The number of amidine groups is 1. The van der Waals surface area contributed by atoms with Crippen molar-refractivity contribution in [1.82, 2.24) is 0 Å². The standard InChI is InChI=1S/C24H18ClN3O/c1-27-20-11-3-2-9-18(20)24(23(27)29)19-10-5-6-15-12-13-28(21(15)19)22(26-24)16-7-4-8-17(25)14-16/h2-11,14H,12-13H2,1H3. The highest BCUT2D eigenvalue weighted by Gasteiger charge is 2.56. The molecule has 0 fully saturated rings. The van der Waals surface area contributed by atoms with Crippen LogP contribution in [0, 0.1) is 0 Å². The van der Waals surface area contributed by atoms with Crippen molar-refractivity contribution in [3.05, 3.63) is 94.0 Å². The van der Waals surface area contributed by atoms with Crippen LogP contribution < -0.4 is 9.80 Å². The molecule has 5 heteroatoms. The predicted octanol–water partition coefficient (Wildman–Crippen LogP) is 4.38. The molecule has 0 N–H and O–H groups in total. The van der Waals surface area contributed by atoms with E-state index in [1.807, 2.05) is 61.6 Å². The summed E-state index contributed by atoms with van der Waals surface area (Å²) in [6, 6.07) is 22.0. The van der Waals surface area contributed by atoms with Gasteiger partial charge in [0.25, 0.3) is 5.91 Å². The quantitative estimate of drug-likeness (QED) is 0.608. The zero-order chi connectivity index (χ0) is 19.8. The van der Waals surface area contributed by atoms with Gasteiger partial charge in [0.05, 0.1) is 5.69 Å². The smallest absolute Gasteiger partial charge is 0.264 e. The summed E-state index contributed by atoms with van der Waals surface area (Å²) in [6.45, 7) is 0.847. The first-order valence-electron chi connectivity index (χ1n) is 9.74. The minimum absolute atomic E-state index is 0.0156. The largest absolute Gasteiger partial charge is 0.325 e. The summed E-state index contributed by atoms with van der Waals surface area (Å²) >= 11 is 6.30. The lowest BCUT2D eigenvalue weighted by Crippen LogP contribution is -2.46. The summed E-state index contributed by atoms with van der Waals surface area (Å²) in [7, 11) is 1.83. The lowest BCUT2D eigenvalue weighted by atomic mass is 9.81. The van der Waals surface area contributed by atoms with Crippen molar-refractivity contribution in [2.75, 3.05) is 23.4 Å². The molecule has 3 aromatic carbocycles. The average molecular weight is 400 g/mol. The van der Waals surface area contributed by atoms with Gasteiger partial charge >= 0.3 is 0 Å². The number of rotatable bonds is 1. The molecular formula is C24H18ClN3O. The van der Waals surface area contributed by atoms with Gasteiger partial charge in [0.15, 0.2) is 5.54 Å². The molecule has 1 amide bonds. The van der Waals surface area contributed by atoms with Gasteiger partial charge in [-0.25, -0.2) is 4.99 Å². The highest BCUT2D eigenvalue weighted by molar-refractivity contribution is 6.31. The van der Waals surface area contributed by atoms with E-state index in [0.29, 0.717) is 5.02 Å². The normalized spacial score (nSPS) is 21.4. The van der Waals surface area contributed by atoms with Crippen molar-refractivity contribution in [3.63, 3.8) is 0 Å². The lowest BCUT2D eigenvalue weighted by molar-refractivity contribution is -0.121. The summed E-state index contributed by atoms with van der Waals surface area (Å²) in [5.41, 5.74) is 5.07. The van der Waals surface area contributed by atoms with Gasteiger partial charge in [0.1, 0.15) is 5.84 Å².